The maximum Gasteiger partial charge on any atom is 0.331 e. The summed E-state index contributed by atoms with van der Waals surface area (Å²) in [6.45, 7) is -0.0313. The molecule has 112 valence electrons. The zero-order valence-corrected chi connectivity index (χ0v) is 13.4. The van der Waals surface area contributed by atoms with Crippen LogP contribution in [-0.2, 0) is 16.1 Å². The molecule has 0 saturated carbocycles. The third kappa shape index (κ3) is 2.88. The van der Waals surface area contributed by atoms with Gasteiger partial charge in [0.05, 0.1) is 16.6 Å². The lowest BCUT2D eigenvalue weighted by atomic mass is 10.1. The highest BCUT2D eigenvalue weighted by Crippen LogP contribution is 2.25. The molecular weight excluding hydrogens is 372 g/mol. The number of carbonyl (C=O) groups is 3. The Morgan fingerprint density at radius 3 is 2.73 bits per heavy atom. The molecule has 4 amide bonds. The number of rotatable bonds is 3. The van der Waals surface area contributed by atoms with Crippen molar-refractivity contribution in [2.24, 2.45) is 0 Å². The van der Waals surface area contributed by atoms with Gasteiger partial charge in [-0.3, -0.25) is 19.8 Å². The quantitative estimate of drug-likeness (QED) is 0.655. The Morgan fingerprint density at radius 2 is 2.09 bits per heavy atom. The summed E-state index contributed by atoms with van der Waals surface area (Å²) in [5.41, 5.74) is -0.0829. The number of hydrogen-bond donors (Lipinski definition) is 1. The molecule has 1 saturated heterocycles. The fourth-order valence-electron chi connectivity index (χ4n) is 1.94. The third-order valence-electron chi connectivity index (χ3n) is 2.96. The molecule has 1 N–H and O–H groups in total. The summed E-state index contributed by atoms with van der Waals surface area (Å²) in [5, 5.41) is 2.16. The molecule has 6 nitrogen and oxygen atoms in total. The molecule has 0 bridgehead atoms. The van der Waals surface area contributed by atoms with Gasteiger partial charge in [-0.2, -0.15) is 0 Å². The van der Waals surface area contributed by atoms with Crippen molar-refractivity contribution >= 4 is 51.2 Å². The maximum absolute atomic E-state index is 12.4. The highest BCUT2D eigenvalue weighted by Gasteiger charge is 2.36. The van der Waals surface area contributed by atoms with Gasteiger partial charge in [0.1, 0.15) is 11.3 Å². The maximum atomic E-state index is 12.4. The highest BCUT2D eigenvalue weighted by atomic mass is 79.9. The third-order valence-corrected chi connectivity index (χ3v) is 4.53. The van der Waals surface area contributed by atoms with Crippen molar-refractivity contribution < 1.29 is 18.8 Å². The molecule has 3 rings (SSSR count). The molecule has 0 aliphatic carbocycles. The zero-order valence-electron chi connectivity index (χ0n) is 11.0. The first kappa shape index (κ1) is 14.7. The standard InChI is InChI=1S/C14H9BrN2O4S/c15-11-4-3-9(22-11)6-10-12(18)16-14(20)17(13(10)19)7-8-2-1-5-21-8/h1-6H,7H2,(H,16,18,20). The van der Waals surface area contributed by atoms with Crippen molar-refractivity contribution in [2.75, 3.05) is 0 Å². The predicted molar refractivity (Wildman–Crippen MR) is 82.8 cm³/mol. The van der Waals surface area contributed by atoms with E-state index in [9.17, 15) is 14.4 Å². The fraction of sp³-hybridized carbons (Fsp3) is 0.0714. The minimum absolute atomic E-state index is 0.0313. The number of nitrogens with one attached hydrogen (secondary N) is 1. The summed E-state index contributed by atoms with van der Waals surface area (Å²) in [6, 6.07) is 6.14. The largest absolute Gasteiger partial charge is 0.467 e. The van der Waals surface area contributed by atoms with Crippen molar-refractivity contribution in [3.63, 3.8) is 0 Å². The van der Waals surface area contributed by atoms with Crippen LogP contribution in [0.2, 0.25) is 0 Å². The van der Waals surface area contributed by atoms with Gasteiger partial charge in [0, 0.05) is 4.88 Å². The number of barbiturate groups is 1. The molecule has 0 unspecified atom stereocenters. The Hall–Kier alpha value is -2.19. The lowest BCUT2D eigenvalue weighted by Gasteiger charge is -2.25. The van der Waals surface area contributed by atoms with Crippen molar-refractivity contribution in [1.29, 1.82) is 0 Å². The second-order valence-electron chi connectivity index (χ2n) is 4.43. The first-order chi connectivity index (χ1) is 10.5. The first-order valence-electron chi connectivity index (χ1n) is 6.21. The molecule has 8 heteroatoms. The minimum atomic E-state index is -0.754. The molecule has 2 aromatic heterocycles. The number of halogens is 1. The molecule has 0 atom stereocenters. The molecule has 1 aliphatic rings. The monoisotopic (exact) mass is 380 g/mol. The Labute approximate surface area is 137 Å². The van der Waals surface area contributed by atoms with Crippen LogP contribution in [-0.4, -0.2) is 22.7 Å². The Kier molecular flexibility index (Phi) is 3.95. The van der Waals surface area contributed by atoms with Gasteiger partial charge in [0.25, 0.3) is 11.8 Å². The molecular formula is C14H9BrN2O4S. The van der Waals surface area contributed by atoms with E-state index in [2.05, 4.69) is 21.2 Å². The van der Waals surface area contributed by atoms with E-state index < -0.39 is 17.8 Å². The lowest BCUT2D eigenvalue weighted by molar-refractivity contribution is -0.130. The second kappa shape index (κ2) is 5.90. The number of urea groups is 1. The molecule has 3 heterocycles. The summed E-state index contributed by atoms with van der Waals surface area (Å²) in [6.07, 6.45) is 2.92. The normalized spacial score (nSPS) is 17.2. The molecule has 1 fully saturated rings. The first-order valence-corrected chi connectivity index (χ1v) is 7.82. The van der Waals surface area contributed by atoms with Crippen LogP contribution in [0.5, 0.6) is 0 Å². The molecule has 0 radical (unpaired) electrons. The number of furan rings is 1. The van der Waals surface area contributed by atoms with Gasteiger partial charge < -0.3 is 4.42 Å². The van der Waals surface area contributed by atoms with Crippen LogP contribution in [0.1, 0.15) is 10.6 Å². The van der Waals surface area contributed by atoms with Crippen molar-refractivity contribution in [1.82, 2.24) is 10.2 Å². The van der Waals surface area contributed by atoms with Gasteiger partial charge in [0.2, 0.25) is 0 Å². The minimum Gasteiger partial charge on any atom is -0.467 e. The summed E-state index contributed by atoms with van der Waals surface area (Å²) >= 11 is 4.69. The summed E-state index contributed by atoms with van der Waals surface area (Å²) in [5.74, 6) is -0.888. The van der Waals surface area contributed by atoms with Crippen LogP contribution in [0.25, 0.3) is 6.08 Å². The van der Waals surface area contributed by atoms with Crippen LogP contribution in [0.3, 0.4) is 0 Å². The van der Waals surface area contributed by atoms with Crippen LogP contribution in [0, 0.1) is 0 Å². The molecule has 2 aromatic rings. The number of hydrogen-bond acceptors (Lipinski definition) is 5. The van der Waals surface area contributed by atoms with Crippen molar-refractivity contribution in [2.45, 2.75) is 6.54 Å². The zero-order chi connectivity index (χ0) is 15.7. The van der Waals surface area contributed by atoms with Gasteiger partial charge in [0.15, 0.2) is 0 Å². The second-order valence-corrected chi connectivity index (χ2v) is 6.92. The molecule has 0 aromatic carbocycles. The highest BCUT2D eigenvalue weighted by molar-refractivity contribution is 9.11. The number of carbonyl (C=O) groups excluding carboxylic acids is 3. The van der Waals surface area contributed by atoms with E-state index in [-0.39, 0.29) is 12.1 Å². The fourth-order valence-corrected chi connectivity index (χ4v) is 3.31. The van der Waals surface area contributed by atoms with Crippen molar-refractivity contribution in [3.05, 3.63) is 50.5 Å². The smallest absolute Gasteiger partial charge is 0.331 e. The van der Waals surface area contributed by atoms with E-state index >= 15 is 0 Å². The van der Waals surface area contributed by atoms with Crippen LogP contribution < -0.4 is 5.32 Å². The van der Waals surface area contributed by atoms with E-state index in [4.69, 9.17) is 4.42 Å². The van der Waals surface area contributed by atoms with Crippen molar-refractivity contribution in [3.8, 4) is 0 Å². The molecule has 22 heavy (non-hydrogen) atoms. The van der Waals surface area contributed by atoms with E-state index in [1.807, 2.05) is 6.07 Å². The van der Waals surface area contributed by atoms with Gasteiger partial charge in [-0.25, -0.2) is 4.79 Å². The Bertz CT molecular complexity index is 779. The van der Waals surface area contributed by atoms with Gasteiger partial charge in [-0.1, -0.05) is 0 Å². The van der Waals surface area contributed by atoms with Crippen LogP contribution in [0.15, 0.2) is 44.3 Å². The Balaban J connectivity index is 1.90. The SMILES string of the molecule is O=C1NC(=O)N(Cc2ccco2)C(=O)C1=Cc1ccc(Br)s1. The molecule has 0 spiro atoms. The average Bonchev–Trinajstić information content (AvgIpc) is 3.11. The average molecular weight is 381 g/mol. The van der Waals surface area contributed by atoms with E-state index in [1.165, 1.54) is 23.7 Å². The summed E-state index contributed by atoms with van der Waals surface area (Å²) < 4.78 is 6.02. The van der Waals surface area contributed by atoms with Gasteiger partial charge in [-0.05, 0) is 46.3 Å². The number of amides is 4. The number of nitrogens with zero attached hydrogens (tertiary/aromatic N) is 1. The molecule has 1 aliphatic heterocycles. The van der Waals surface area contributed by atoms with Crippen LogP contribution >= 0.6 is 27.3 Å². The predicted octanol–water partition coefficient (Wildman–Crippen LogP) is 2.77. The van der Waals surface area contributed by atoms with Crippen LogP contribution in [0.4, 0.5) is 4.79 Å². The van der Waals surface area contributed by atoms with Gasteiger partial charge >= 0.3 is 6.03 Å². The topological polar surface area (TPSA) is 79.6 Å². The van der Waals surface area contributed by atoms with Gasteiger partial charge in [-0.15, -0.1) is 11.3 Å². The Morgan fingerprint density at radius 1 is 1.27 bits per heavy atom. The van der Waals surface area contributed by atoms with E-state index in [0.29, 0.717) is 5.76 Å². The van der Waals surface area contributed by atoms with E-state index in [1.54, 1.807) is 18.2 Å². The summed E-state index contributed by atoms with van der Waals surface area (Å²) in [7, 11) is 0. The lowest BCUT2D eigenvalue weighted by Crippen LogP contribution is -2.53. The summed E-state index contributed by atoms with van der Waals surface area (Å²) in [4.78, 5) is 37.8. The van der Waals surface area contributed by atoms with E-state index in [0.717, 1.165) is 13.6 Å². The number of thiophene rings is 1. The number of imide groups is 2.